The Morgan fingerprint density at radius 1 is 1.28 bits per heavy atom. The van der Waals surface area contributed by atoms with Gasteiger partial charge in [-0.2, -0.15) is 13.2 Å². The van der Waals surface area contributed by atoms with Gasteiger partial charge >= 0.3 is 6.18 Å². The van der Waals surface area contributed by atoms with Gasteiger partial charge in [-0.15, -0.1) is 23.1 Å². The number of aliphatic imine (C=N–C) groups is 1. The van der Waals surface area contributed by atoms with Crippen molar-refractivity contribution < 1.29 is 13.2 Å². The van der Waals surface area contributed by atoms with Gasteiger partial charge in [0, 0.05) is 19.3 Å². The molecule has 36 heavy (non-hydrogen) atoms. The number of nitrogens with zero attached hydrogens (tertiary/aromatic N) is 4. The Hall–Kier alpha value is -1.95. The van der Waals surface area contributed by atoms with Crippen molar-refractivity contribution in [2.45, 2.75) is 58.8 Å². The summed E-state index contributed by atoms with van der Waals surface area (Å²) < 4.78 is 41.3. The summed E-state index contributed by atoms with van der Waals surface area (Å²) in [6.45, 7) is 11.6. The second-order valence-corrected chi connectivity index (χ2v) is 11.1. The Labute approximate surface area is 219 Å². The monoisotopic (exact) mass is 540 g/mol. The fraction of sp³-hybridized carbons (Fsp3) is 0.560. The smallest absolute Gasteiger partial charge is 0.361 e. The van der Waals surface area contributed by atoms with Crippen molar-refractivity contribution in [2.24, 2.45) is 10.9 Å². The molecule has 1 fully saturated rings. The van der Waals surface area contributed by atoms with Crippen molar-refractivity contribution in [3.63, 3.8) is 0 Å². The van der Waals surface area contributed by atoms with Gasteiger partial charge in [0.25, 0.3) is 0 Å². The SMILES string of the molecule is C=N/C(=C\SCNc1ccc(CNC([C@H](C)CN2CCCCC2)C(F)(F)F)cn1)c1sc(C)nc1C. The van der Waals surface area contributed by atoms with Crippen molar-refractivity contribution >= 4 is 41.3 Å². The Balaban J connectivity index is 1.48. The van der Waals surface area contributed by atoms with E-state index < -0.39 is 18.1 Å². The quantitative estimate of drug-likeness (QED) is 0.193. The van der Waals surface area contributed by atoms with E-state index in [1.165, 1.54) is 18.2 Å². The molecule has 2 N–H and O–H groups in total. The summed E-state index contributed by atoms with van der Waals surface area (Å²) in [4.78, 5) is 16.0. The summed E-state index contributed by atoms with van der Waals surface area (Å²) in [5, 5.41) is 8.85. The van der Waals surface area contributed by atoms with Gasteiger partial charge in [-0.05, 0) is 69.5 Å². The fourth-order valence-corrected chi connectivity index (χ4v) is 5.96. The lowest BCUT2D eigenvalue weighted by molar-refractivity contribution is -0.168. The highest BCUT2D eigenvalue weighted by Gasteiger charge is 2.43. The molecule has 3 heterocycles. The van der Waals surface area contributed by atoms with Crippen LogP contribution in [0.1, 0.15) is 47.3 Å². The van der Waals surface area contributed by atoms with E-state index in [2.05, 4.69) is 37.2 Å². The van der Waals surface area contributed by atoms with Gasteiger partial charge in [0.05, 0.1) is 27.2 Å². The van der Waals surface area contributed by atoms with Gasteiger partial charge in [0.1, 0.15) is 11.9 Å². The summed E-state index contributed by atoms with van der Waals surface area (Å²) in [6, 6.07) is 2.02. The summed E-state index contributed by atoms with van der Waals surface area (Å²) in [7, 11) is 0. The van der Waals surface area contributed by atoms with E-state index in [9.17, 15) is 13.2 Å². The third kappa shape index (κ3) is 8.57. The Morgan fingerprint density at radius 3 is 2.61 bits per heavy atom. The zero-order valence-corrected chi connectivity index (χ0v) is 22.7. The summed E-state index contributed by atoms with van der Waals surface area (Å²) in [6.07, 6.45) is 0.604. The minimum Gasteiger partial charge on any atom is -0.361 e. The van der Waals surface area contributed by atoms with Crippen LogP contribution >= 0.6 is 23.1 Å². The maximum atomic E-state index is 13.8. The first-order valence-corrected chi connectivity index (χ1v) is 14.0. The van der Waals surface area contributed by atoms with Crippen LogP contribution in [0.3, 0.4) is 0 Å². The molecule has 2 aromatic rings. The Morgan fingerprint density at radius 2 is 2.03 bits per heavy atom. The number of hydrogen-bond donors (Lipinski definition) is 2. The van der Waals surface area contributed by atoms with Crippen molar-refractivity contribution in [1.82, 2.24) is 20.2 Å². The summed E-state index contributed by atoms with van der Waals surface area (Å²) in [5.41, 5.74) is 2.43. The molecule has 0 aromatic carbocycles. The van der Waals surface area contributed by atoms with Crippen molar-refractivity contribution in [2.75, 3.05) is 30.8 Å². The molecular formula is C25H35F3N6S2. The number of anilines is 1. The molecule has 0 amide bonds. The van der Waals surface area contributed by atoms with Crippen LogP contribution in [0.2, 0.25) is 0 Å². The Kier molecular flexibility index (Phi) is 10.8. The zero-order valence-electron chi connectivity index (χ0n) is 21.1. The van der Waals surface area contributed by atoms with E-state index in [4.69, 9.17) is 0 Å². The molecule has 6 nitrogen and oxygen atoms in total. The number of alkyl halides is 3. The van der Waals surface area contributed by atoms with Gasteiger partial charge in [-0.3, -0.25) is 4.99 Å². The zero-order chi connectivity index (χ0) is 26.1. The number of likely N-dealkylation sites (tertiary alicyclic amines) is 1. The summed E-state index contributed by atoms with van der Waals surface area (Å²) in [5.74, 6) is 0.683. The predicted octanol–water partition coefficient (Wildman–Crippen LogP) is 6.10. The van der Waals surface area contributed by atoms with Crippen LogP contribution in [0.25, 0.3) is 5.70 Å². The molecular weight excluding hydrogens is 505 g/mol. The van der Waals surface area contributed by atoms with Gasteiger partial charge in [0.15, 0.2) is 0 Å². The van der Waals surface area contributed by atoms with Gasteiger partial charge < -0.3 is 15.5 Å². The molecule has 1 unspecified atom stereocenters. The van der Waals surface area contributed by atoms with Gasteiger partial charge in [0.2, 0.25) is 0 Å². The maximum absolute atomic E-state index is 13.8. The number of aromatic nitrogens is 2. The van der Waals surface area contributed by atoms with Crippen molar-refractivity contribution in [3.8, 4) is 0 Å². The lowest BCUT2D eigenvalue weighted by Crippen LogP contribution is -2.50. The molecule has 1 aliphatic rings. The molecule has 0 aliphatic carbocycles. The van der Waals surface area contributed by atoms with Crippen LogP contribution in [0, 0.1) is 19.8 Å². The first-order chi connectivity index (χ1) is 17.2. The van der Waals surface area contributed by atoms with E-state index >= 15 is 0 Å². The standard InChI is InChI=1S/C25H35F3N6S2/c1-17(14-34-10-6-5-7-11-34)24(25(26,27)28)31-13-20-8-9-22(30-12-20)32-16-35-15-21(29-4)23-18(2)33-19(3)36-23/h8-9,12,15,17,24,31H,4-7,10-11,13-14,16H2,1-3H3,(H,30,32)/b21-15-/t17-,24?/m1/s1. The number of thioether (sulfide) groups is 1. The largest absolute Gasteiger partial charge is 0.404 e. The number of piperidine rings is 1. The van der Waals surface area contributed by atoms with E-state index in [0.29, 0.717) is 23.8 Å². The molecule has 0 saturated carbocycles. The van der Waals surface area contributed by atoms with Crippen LogP contribution in [0.15, 0.2) is 28.7 Å². The molecule has 2 atom stereocenters. The minimum absolute atomic E-state index is 0.112. The van der Waals surface area contributed by atoms with Gasteiger partial charge in [-0.1, -0.05) is 19.4 Å². The molecule has 3 rings (SSSR count). The first-order valence-electron chi connectivity index (χ1n) is 12.1. The third-order valence-corrected chi connectivity index (χ3v) is 7.90. The number of rotatable bonds is 12. The second-order valence-electron chi connectivity index (χ2n) is 9.09. The fourth-order valence-electron chi connectivity index (χ4n) is 4.32. The maximum Gasteiger partial charge on any atom is 0.404 e. The highest BCUT2D eigenvalue weighted by atomic mass is 32.2. The predicted molar refractivity (Wildman–Crippen MR) is 146 cm³/mol. The average Bonchev–Trinajstić information content (AvgIpc) is 3.17. The summed E-state index contributed by atoms with van der Waals surface area (Å²) >= 11 is 3.11. The number of pyridine rings is 1. The van der Waals surface area contributed by atoms with E-state index in [1.807, 2.05) is 19.3 Å². The van der Waals surface area contributed by atoms with Crippen molar-refractivity contribution in [3.05, 3.63) is 44.9 Å². The molecule has 11 heteroatoms. The van der Waals surface area contributed by atoms with E-state index in [-0.39, 0.29) is 6.54 Å². The molecule has 0 radical (unpaired) electrons. The molecule has 1 saturated heterocycles. The highest BCUT2D eigenvalue weighted by molar-refractivity contribution is 8.02. The highest BCUT2D eigenvalue weighted by Crippen LogP contribution is 2.29. The lowest BCUT2D eigenvalue weighted by atomic mass is 9.99. The Bertz CT molecular complexity index is 1000. The second kappa shape index (κ2) is 13.6. The van der Waals surface area contributed by atoms with Crippen LogP contribution in [0.4, 0.5) is 19.0 Å². The van der Waals surface area contributed by atoms with E-state index in [0.717, 1.165) is 47.2 Å². The topological polar surface area (TPSA) is 65.4 Å². The number of halogens is 3. The lowest BCUT2D eigenvalue weighted by Gasteiger charge is -2.33. The third-order valence-electron chi connectivity index (χ3n) is 6.11. The van der Waals surface area contributed by atoms with Crippen LogP contribution in [-0.4, -0.2) is 59.3 Å². The molecule has 1 aliphatic heterocycles. The number of aryl methyl sites for hydroxylation is 2. The van der Waals surface area contributed by atoms with Gasteiger partial charge in [-0.25, -0.2) is 9.97 Å². The molecule has 2 aromatic heterocycles. The van der Waals surface area contributed by atoms with Crippen LogP contribution in [0.5, 0.6) is 0 Å². The number of hydrogen-bond acceptors (Lipinski definition) is 8. The number of nitrogens with one attached hydrogen (secondary N) is 2. The average molecular weight is 541 g/mol. The number of thiazole rings is 1. The van der Waals surface area contributed by atoms with Crippen LogP contribution in [-0.2, 0) is 6.54 Å². The minimum atomic E-state index is -4.30. The normalized spacial score (nSPS) is 17.1. The first kappa shape index (κ1) is 28.6. The van der Waals surface area contributed by atoms with E-state index in [1.54, 1.807) is 36.6 Å². The molecule has 0 bridgehead atoms. The molecule has 198 valence electrons. The molecule has 0 spiro atoms. The van der Waals surface area contributed by atoms with Crippen LogP contribution < -0.4 is 10.6 Å². The van der Waals surface area contributed by atoms with Crippen molar-refractivity contribution in [1.29, 1.82) is 0 Å².